The van der Waals surface area contributed by atoms with Gasteiger partial charge < -0.3 is 15.0 Å². The summed E-state index contributed by atoms with van der Waals surface area (Å²) in [5.41, 5.74) is -0.240. The van der Waals surface area contributed by atoms with Crippen molar-refractivity contribution >= 4 is 5.91 Å². The predicted molar refractivity (Wildman–Crippen MR) is 55.7 cm³/mol. The van der Waals surface area contributed by atoms with Crippen LogP contribution in [-0.2, 0) is 0 Å². The highest BCUT2D eigenvalue weighted by Crippen LogP contribution is 2.00. The van der Waals surface area contributed by atoms with Crippen LogP contribution in [0.3, 0.4) is 0 Å². The quantitative estimate of drug-likeness (QED) is 0.727. The minimum absolute atomic E-state index is 0.0836. The summed E-state index contributed by atoms with van der Waals surface area (Å²) in [5.74, 6) is -0.390. The molecule has 5 nitrogen and oxygen atoms in total. The lowest BCUT2D eigenvalue weighted by molar-refractivity contribution is 0.0680. The zero-order chi connectivity index (χ0) is 11.4. The summed E-state index contributed by atoms with van der Waals surface area (Å²) >= 11 is 0. The van der Waals surface area contributed by atoms with Crippen molar-refractivity contribution in [3.63, 3.8) is 0 Å². The molecule has 0 bridgehead atoms. The predicted octanol–water partition coefficient (Wildman–Crippen LogP) is -0.172. The second-order valence-electron chi connectivity index (χ2n) is 3.37. The number of rotatable bonds is 3. The highest BCUT2D eigenvalue weighted by atomic mass is 16.3. The molecule has 1 unspecified atom stereocenters. The van der Waals surface area contributed by atoms with Crippen LogP contribution < -0.4 is 5.43 Å². The Labute approximate surface area is 87.4 Å². The Morgan fingerprint density at radius 1 is 1.67 bits per heavy atom. The van der Waals surface area contributed by atoms with Gasteiger partial charge in [0.1, 0.15) is 5.56 Å². The zero-order valence-electron chi connectivity index (χ0n) is 8.73. The summed E-state index contributed by atoms with van der Waals surface area (Å²) in [4.78, 5) is 27.1. The second kappa shape index (κ2) is 4.75. The van der Waals surface area contributed by atoms with Gasteiger partial charge in [0.2, 0.25) is 0 Å². The molecule has 0 fully saturated rings. The van der Waals surface area contributed by atoms with E-state index in [1.165, 1.54) is 23.4 Å². The average Bonchev–Trinajstić information content (AvgIpc) is 2.26. The monoisotopic (exact) mass is 210 g/mol. The number of hydrogen-bond donors (Lipinski definition) is 2. The van der Waals surface area contributed by atoms with Crippen molar-refractivity contribution in [2.45, 2.75) is 13.0 Å². The first kappa shape index (κ1) is 11.5. The first-order valence-electron chi connectivity index (χ1n) is 4.63. The molecule has 15 heavy (non-hydrogen) atoms. The Morgan fingerprint density at radius 3 is 2.87 bits per heavy atom. The Kier molecular flexibility index (Phi) is 3.62. The number of carbonyl (C=O) groups is 1. The minimum Gasteiger partial charge on any atom is -0.394 e. The summed E-state index contributed by atoms with van der Waals surface area (Å²) in [6.45, 7) is 1.57. The zero-order valence-corrected chi connectivity index (χ0v) is 8.73. The van der Waals surface area contributed by atoms with Crippen LogP contribution in [0.4, 0.5) is 0 Å². The van der Waals surface area contributed by atoms with Crippen LogP contribution >= 0.6 is 0 Å². The third-order valence-corrected chi connectivity index (χ3v) is 2.30. The molecule has 1 aromatic rings. The molecule has 0 aliphatic heterocycles. The number of aromatic nitrogens is 1. The largest absolute Gasteiger partial charge is 0.394 e. The van der Waals surface area contributed by atoms with Crippen LogP contribution in [0.15, 0.2) is 23.3 Å². The van der Waals surface area contributed by atoms with Crippen molar-refractivity contribution in [3.8, 4) is 0 Å². The number of likely N-dealkylation sites (N-methyl/N-ethyl adjacent to an activating group) is 1. The standard InChI is InChI=1S/C10H14N2O3/c1-7(6-13)12(2)10(15)8-5-11-4-3-9(8)14/h3-5,7,13H,6H2,1-2H3,(H,11,14). The van der Waals surface area contributed by atoms with Crippen LogP contribution in [0.1, 0.15) is 17.3 Å². The van der Waals surface area contributed by atoms with Gasteiger partial charge in [-0.3, -0.25) is 9.59 Å². The number of H-pyrrole nitrogens is 1. The van der Waals surface area contributed by atoms with E-state index in [-0.39, 0.29) is 23.6 Å². The molecule has 0 spiro atoms. The fraction of sp³-hybridized carbons (Fsp3) is 0.400. The number of aliphatic hydroxyl groups excluding tert-OH is 1. The van der Waals surface area contributed by atoms with Gasteiger partial charge in [0, 0.05) is 25.5 Å². The van der Waals surface area contributed by atoms with E-state index in [2.05, 4.69) is 4.98 Å². The van der Waals surface area contributed by atoms with E-state index in [1.807, 2.05) is 0 Å². The van der Waals surface area contributed by atoms with Crippen LogP contribution in [0.2, 0.25) is 0 Å². The lowest BCUT2D eigenvalue weighted by Crippen LogP contribution is -2.39. The number of hydrogen-bond acceptors (Lipinski definition) is 3. The van der Waals surface area contributed by atoms with Gasteiger partial charge >= 0.3 is 0 Å². The summed E-state index contributed by atoms with van der Waals surface area (Å²) in [7, 11) is 1.55. The van der Waals surface area contributed by atoms with Crippen molar-refractivity contribution in [1.29, 1.82) is 0 Å². The maximum absolute atomic E-state index is 11.8. The molecule has 1 aromatic heterocycles. The molecule has 1 atom stereocenters. The van der Waals surface area contributed by atoms with E-state index in [0.29, 0.717) is 0 Å². The first-order chi connectivity index (χ1) is 7.07. The Bertz CT molecular complexity index is 400. The molecule has 0 aliphatic rings. The first-order valence-corrected chi connectivity index (χ1v) is 4.63. The lowest BCUT2D eigenvalue weighted by Gasteiger charge is -2.22. The Hall–Kier alpha value is -1.62. The molecule has 0 radical (unpaired) electrons. The van der Waals surface area contributed by atoms with Gasteiger partial charge in [-0.1, -0.05) is 0 Å². The highest BCUT2D eigenvalue weighted by molar-refractivity contribution is 5.93. The number of aliphatic hydroxyl groups is 1. The molecule has 5 heteroatoms. The van der Waals surface area contributed by atoms with E-state index < -0.39 is 5.91 Å². The molecule has 0 saturated heterocycles. The summed E-state index contributed by atoms with van der Waals surface area (Å²) < 4.78 is 0. The normalized spacial score (nSPS) is 12.2. The van der Waals surface area contributed by atoms with Crippen LogP contribution in [0, 0.1) is 0 Å². The van der Waals surface area contributed by atoms with E-state index in [9.17, 15) is 9.59 Å². The third kappa shape index (κ3) is 2.44. The fourth-order valence-corrected chi connectivity index (χ4v) is 1.10. The van der Waals surface area contributed by atoms with Crippen LogP contribution in [-0.4, -0.2) is 40.6 Å². The molecule has 2 N–H and O–H groups in total. The number of carbonyl (C=O) groups excluding carboxylic acids is 1. The van der Waals surface area contributed by atoms with Crippen molar-refractivity contribution < 1.29 is 9.90 Å². The van der Waals surface area contributed by atoms with Gasteiger partial charge in [-0.2, -0.15) is 0 Å². The highest BCUT2D eigenvalue weighted by Gasteiger charge is 2.18. The topological polar surface area (TPSA) is 73.4 Å². The Balaban J connectivity index is 2.95. The molecule has 82 valence electrons. The van der Waals surface area contributed by atoms with Crippen molar-refractivity contribution in [2.75, 3.05) is 13.7 Å². The summed E-state index contributed by atoms with van der Waals surface area (Å²) in [6.07, 6.45) is 2.83. The molecule has 1 rings (SSSR count). The van der Waals surface area contributed by atoms with Gasteiger partial charge in [0.15, 0.2) is 5.43 Å². The van der Waals surface area contributed by atoms with Crippen molar-refractivity contribution in [2.24, 2.45) is 0 Å². The molecule has 0 aliphatic carbocycles. The molecule has 1 amide bonds. The molecule has 1 heterocycles. The van der Waals surface area contributed by atoms with Gasteiger partial charge in [0.25, 0.3) is 5.91 Å². The molecule has 0 aromatic carbocycles. The number of nitrogens with zero attached hydrogens (tertiary/aromatic N) is 1. The van der Waals surface area contributed by atoms with Crippen molar-refractivity contribution in [3.05, 3.63) is 34.2 Å². The average molecular weight is 210 g/mol. The summed E-state index contributed by atoms with van der Waals surface area (Å²) in [5, 5.41) is 8.89. The second-order valence-corrected chi connectivity index (χ2v) is 3.37. The van der Waals surface area contributed by atoms with Gasteiger partial charge in [-0.05, 0) is 6.92 Å². The van der Waals surface area contributed by atoms with E-state index >= 15 is 0 Å². The van der Waals surface area contributed by atoms with Gasteiger partial charge in [-0.15, -0.1) is 0 Å². The summed E-state index contributed by atoms with van der Waals surface area (Å²) in [6, 6.07) is 0.988. The lowest BCUT2D eigenvalue weighted by atomic mass is 10.2. The third-order valence-electron chi connectivity index (χ3n) is 2.30. The molecule has 0 saturated carbocycles. The molecular formula is C10H14N2O3. The Morgan fingerprint density at radius 2 is 2.33 bits per heavy atom. The smallest absolute Gasteiger partial charge is 0.259 e. The number of aromatic amines is 1. The maximum atomic E-state index is 11.8. The van der Waals surface area contributed by atoms with E-state index in [1.54, 1.807) is 14.0 Å². The number of nitrogens with one attached hydrogen (secondary N) is 1. The SMILES string of the molecule is CC(CO)N(C)C(=O)c1c[nH]ccc1=O. The van der Waals surface area contributed by atoms with Crippen LogP contribution in [0.25, 0.3) is 0 Å². The van der Waals surface area contributed by atoms with E-state index in [4.69, 9.17) is 5.11 Å². The maximum Gasteiger partial charge on any atom is 0.259 e. The number of pyridine rings is 1. The molecular weight excluding hydrogens is 196 g/mol. The van der Waals surface area contributed by atoms with Crippen molar-refractivity contribution in [1.82, 2.24) is 9.88 Å². The fourth-order valence-electron chi connectivity index (χ4n) is 1.10. The van der Waals surface area contributed by atoms with Gasteiger partial charge in [0.05, 0.1) is 12.6 Å². The van der Waals surface area contributed by atoms with Crippen LogP contribution in [0.5, 0.6) is 0 Å². The van der Waals surface area contributed by atoms with Gasteiger partial charge in [-0.25, -0.2) is 0 Å². The minimum atomic E-state index is -0.390. The number of amides is 1. The van der Waals surface area contributed by atoms with E-state index in [0.717, 1.165) is 0 Å².